The number of carbonyl (C=O) groups is 2. The maximum absolute atomic E-state index is 12.3. The highest BCUT2D eigenvalue weighted by Crippen LogP contribution is 2.04. The highest BCUT2D eigenvalue weighted by Gasteiger charge is 2.21. The average Bonchev–Trinajstić information content (AvgIpc) is 2.33. The Labute approximate surface area is 120 Å². The number of aromatic nitrogens is 1. The largest absolute Gasteiger partial charge is 0.350 e. The van der Waals surface area contributed by atoms with E-state index in [1.54, 1.807) is 12.1 Å². The van der Waals surface area contributed by atoms with Crippen LogP contribution in [0.25, 0.3) is 0 Å². The van der Waals surface area contributed by atoms with Crippen molar-refractivity contribution in [2.45, 2.75) is 40.2 Å². The molecule has 0 saturated heterocycles. The van der Waals surface area contributed by atoms with Gasteiger partial charge in [-0.3, -0.25) is 9.59 Å². The van der Waals surface area contributed by atoms with E-state index < -0.39 is 0 Å². The molecule has 110 valence electrons. The summed E-state index contributed by atoms with van der Waals surface area (Å²) in [5, 5.41) is 2.85. The van der Waals surface area contributed by atoms with Gasteiger partial charge < -0.3 is 10.2 Å². The Balaban J connectivity index is 2.76. The smallest absolute Gasteiger partial charge is 0.272 e. The van der Waals surface area contributed by atoms with E-state index in [4.69, 9.17) is 0 Å². The van der Waals surface area contributed by atoms with Crippen LogP contribution < -0.4 is 5.32 Å². The molecule has 0 aliphatic rings. The minimum Gasteiger partial charge on any atom is -0.350 e. The van der Waals surface area contributed by atoms with E-state index in [1.165, 1.54) is 4.90 Å². The summed E-state index contributed by atoms with van der Waals surface area (Å²) in [6, 6.07) is 5.29. The molecule has 5 nitrogen and oxygen atoms in total. The Kier molecular flexibility index (Phi) is 5.25. The van der Waals surface area contributed by atoms with Gasteiger partial charge in [0, 0.05) is 17.8 Å². The zero-order valence-corrected chi connectivity index (χ0v) is 12.9. The first-order chi connectivity index (χ1) is 9.23. The molecule has 0 aromatic carbocycles. The Hall–Kier alpha value is -1.91. The molecule has 0 unspecified atom stereocenters. The zero-order valence-electron chi connectivity index (χ0n) is 12.9. The van der Waals surface area contributed by atoms with Crippen LogP contribution >= 0.6 is 0 Å². The lowest BCUT2D eigenvalue weighted by atomic mass is 10.1. The molecule has 1 heterocycles. The standard InChI is InChI=1S/C15H23N3O2/c1-6-18(10-13(19)17-15(3,4)5)14(20)12-9-7-8-11(2)16-12/h7-9H,6,10H2,1-5H3,(H,17,19). The minimum atomic E-state index is -0.304. The van der Waals surface area contributed by atoms with Gasteiger partial charge in [0.05, 0.1) is 6.54 Å². The number of carbonyl (C=O) groups excluding carboxylic acids is 2. The van der Waals surface area contributed by atoms with E-state index in [0.717, 1.165) is 5.69 Å². The third-order valence-electron chi connectivity index (χ3n) is 2.63. The average molecular weight is 277 g/mol. The Morgan fingerprint density at radius 2 is 1.95 bits per heavy atom. The van der Waals surface area contributed by atoms with Crippen LogP contribution in [0.1, 0.15) is 43.9 Å². The molecule has 1 aromatic heterocycles. The van der Waals surface area contributed by atoms with Crippen LogP contribution in [0.2, 0.25) is 0 Å². The van der Waals surface area contributed by atoms with Gasteiger partial charge in [0.2, 0.25) is 5.91 Å². The van der Waals surface area contributed by atoms with Gasteiger partial charge in [0.1, 0.15) is 5.69 Å². The number of hydrogen-bond acceptors (Lipinski definition) is 3. The molecular weight excluding hydrogens is 254 g/mol. The van der Waals surface area contributed by atoms with Crippen LogP contribution in [0.15, 0.2) is 18.2 Å². The van der Waals surface area contributed by atoms with E-state index in [-0.39, 0.29) is 23.9 Å². The van der Waals surface area contributed by atoms with E-state index in [9.17, 15) is 9.59 Å². The Bertz CT molecular complexity index is 492. The molecule has 0 fully saturated rings. The summed E-state index contributed by atoms with van der Waals surface area (Å²) in [6.45, 7) is 9.91. The highest BCUT2D eigenvalue weighted by atomic mass is 16.2. The summed E-state index contributed by atoms with van der Waals surface area (Å²) in [5.74, 6) is -0.388. The van der Waals surface area contributed by atoms with Gasteiger partial charge in [0.15, 0.2) is 0 Å². The number of pyridine rings is 1. The predicted octanol–water partition coefficient (Wildman–Crippen LogP) is 1.77. The molecule has 20 heavy (non-hydrogen) atoms. The number of nitrogens with one attached hydrogen (secondary N) is 1. The molecule has 1 rings (SSSR count). The van der Waals surface area contributed by atoms with E-state index >= 15 is 0 Å². The van der Waals surface area contributed by atoms with Crippen LogP contribution in [0.4, 0.5) is 0 Å². The summed E-state index contributed by atoms with van der Waals surface area (Å²) in [6.07, 6.45) is 0. The molecule has 2 amide bonds. The first kappa shape index (κ1) is 16.1. The number of rotatable bonds is 4. The summed E-state index contributed by atoms with van der Waals surface area (Å²) in [5.41, 5.74) is 0.850. The molecule has 0 aliphatic carbocycles. The summed E-state index contributed by atoms with van der Waals surface area (Å²) >= 11 is 0. The third-order valence-corrected chi connectivity index (χ3v) is 2.63. The van der Waals surface area contributed by atoms with Gasteiger partial charge >= 0.3 is 0 Å². The lowest BCUT2D eigenvalue weighted by molar-refractivity contribution is -0.123. The number of amides is 2. The van der Waals surface area contributed by atoms with Crippen molar-refractivity contribution in [1.82, 2.24) is 15.2 Å². The molecule has 1 N–H and O–H groups in total. The highest BCUT2D eigenvalue weighted by molar-refractivity contribution is 5.95. The number of nitrogens with zero attached hydrogens (tertiary/aromatic N) is 2. The maximum atomic E-state index is 12.3. The van der Waals surface area contributed by atoms with Crippen LogP contribution in [0, 0.1) is 6.92 Å². The SMILES string of the molecule is CCN(CC(=O)NC(C)(C)C)C(=O)c1cccc(C)n1. The van der Waals surface area contributed by atoms with Crippen molar-refractivity contribution >= 4 is 11.8 Å². The number of aryl methyl sites for hydroxylation is 1. The lowest BCUT2D eigenvalue weighted by Crippen LogP contribution is -2.47. The van der Waals surface area contributed by atoms with Crippen molar-refractivity contribution in [1.29, 1.82) is 0 Å². The second-order valence-corrected chi connectivity index (χ2v) is 5.78. The van der Waals surface area contributed by atoms with Crippen molar-refractivity contribution < 1.29 is 9.59 Å². The van der Waals surface area contributed by atoms with Crippen LogP contribution in [0.5, 0.6) is 0 Å². The lowest BCUT2D eigenvalue weighted by Gasteiger charge is -2.24. The molecule has 0 saturated carbocycles. The fourth-order valence-corrected chi connectivity index (χ4v) is 1.78. The molecule has 0 spiro atoms. The molecule has 1 aromatic rings. The van der Waals surface area contributed by atoms with Gasteiger partial charge in [-0.05, 0) is 46.8 Å². The number of likely N-dealkylation sites (N-methyl/N-ethyl adjacent to an activating group) is 1. The van der Waals surface area contributed by atoms with Crippen LogP contribution in [-0.2, 0) is 4.79 Å². The summed E-state index contributed by atoms with van der Waals surface area (Å²) in [4.78, 5) is 29.9. The topological polar surface area (TPSA) is 62.3 Å². The molecule has 0 atom stereocenters. The van der Waals surface area contributed by atoms with E-state index in [2.05, 4.69) is 10.3 Å². The monoisotopic (exact) mass is 277 g/mol. The van der Waals surface area contributed by atoms with Crippen molar-refractivity contribution in [2.24, 2.45) is 0 Å². The van der Waals surface area contributed by atoms with E-state index in [0.29, 0.717) is 12.2 Å². The minimum absolute atomic E-state index is 0.0439. The van der Waals surface area contributed by atoms with Crippen molar-refractivity contribution in [3.8, 4) is 0 Å². The first-order valence-electron chi connectivity index (χ1n) is 6.77. The molecule has 0 bridgehead atoms. The summed E-state index contributed by atoms with van der Waals surface area (Å²) < 4.78 is 0. The van der Waals surface area contributed by atoms with Crippen LogP contribution in [-0.4, -0.2) is 40.3 Å². The third kappa shape index (κ3) is 4.99. The molecule has 0 aliphatic heterocycles. The van der Waals surface area contributed by atoms with Crippen LogP contribution in [0.3, 0.4) is 0 Å². The van der Waals surface area contributed by atoms with Crippen molar-refractivity contribution in [2.75, 3.05) is 13.1 Å². The van der Waals surface area contributed by atoms with Gasteiger partial charge in [-0.1, -0.05) is 6.07 Å². The first-order valence-corrected chi connectivity index (χ1v) is 6.77. The van der Waals surface area contributed by atoms with Crippen molar-refractivity contribution in [3.63, 3.8) is 0 Å². The maximum Gasteiger partial charge on any atom is 0.272 e. The molecular formula is C15H23N3O2. The molecule has 5 heteroatoms. The predicted molar refractivity (Wildman–Crippen MR) is 78.4 cm³/mol. The fraction of sp³-hybridized carbons (Fsp3) is 0.533. The Morgan fingerprint density at radius 1 is 1.30 bits per heavy atom. The normalized spacial score (nSPS) is 11.1. The molecule has 0 radical (unpaired) electrons. The summed E-state index contributed by atoms with van der Waals surface area (Å²) in [7, 11) is 0. The van der Waals surface area contributed by atoms with Gasteiger partial charge in [-0.2, -0.15) is 0 Å². The number of hydrogen-bond donors (Lipinski definition) is 1. The van der Waals surface area contributed by atoms with E-state index in [1.807, 2.05) is 40.7 Å². The second kappa shape index (κ2) is 6.50. The van der Waals surface area contributed by atoms with Gasteiger partial charge in [-0.15, -0.1) is 0 Å². The Morgan fingerprint density at radius 3 is 2.45 bits per heavy atom. The quantitative estimate of drug-likeness (QED) is 0.912. The van der Waals surface area contributed by atoms with Gasteiger partial charge in [0.25, 0.3) is 5.91 Å². The van der Waals surface area contributed by atoms with Crippen molar-refractivity contribution in [3.05, 3.63) is 29.6 Å². The second-order valence-electron chi connectivity index (χ2n) is 5.78. The fourth-order valence-electron chi connectivity index (χ4n) is 1.78. The zero-order chi connectivity index (χ0) is 15.3. The van der Waals surface area contributed by atoms with Gasteiger partial charge in [-0.25, -0.2) is 4.98 Å².